The molecule has 2 heterocycles. The summed E-state index contributed by atoms with van der Waals surface area (Å²) in [6.45, 7) is 0. The number of hydrogen-bond donors (Lipinski definition) is 1. The molecule has 1 fully saturated rings. The second kappa shape index (κ2) is 2.64. The van der Waals surface area contributed by atoms with E-state index in [1.54, 1.807) is 12.1 Å². The minimum absolute atomic E-state index is 0.284. The molecule has 2 rings (SSSR count). The van der Waals surface area contributed by atoms with Crippen LogP contribution in [0.3, 0.4) is 0 Å². The van der Waals surface area contributed by atoms with Gasteiger partial charge in [0.05, 0.1) is 6.26 Å². The van der Waals surface area contributed by atoms with Crippen LogP contribution in [-0.2, 0) is 9.53 Å². The van der Waals surface area contributed by atoms with E-state index in [0.29, 0.717) is 5.76 Å². The van der Waals surface area contributed by atoms with Crippen LogP contribution in [0, 0.1) is 0 Å². The average Bonchev–Trinajstić information content (AvgIpc) is 2.61. The third-order valence-electron chi connectivity index (χ3n) is 1.83. The van der Waals surface area contributed by atoms with E-state index in [9.17, 15) is 4.79 Å². The zero-order chi connectivity index (χ0) is 8.55. The number of carbonyl (C=O) groups excluding carboxylic acids is 1. The summed E-state index contributed by atoms with van der Waals surface area (Å²) >= 11 is 0. The molecule has 1 N–H and O–H groups in total. The second-order valence-corrected chi connectivity index (χ2v) is 2.69. The van der Waals surface area contributed by atoms with Gasteiger partial charge in [-0.2, -0.15) is 0 Å². The number of carbonyl (C=O) groups is 1. The molecule has 1 aromatic heterocycles. The van der Waals surface area contributed by atoms with Gasteiger partial charge in [-0.1, -0.05) is 0 Å². The predicted octanol–water partition coefficient (Wildman–Crippen LogP) is 0.628. The molecule has 0 aliphatic carbocycles. The third-order valence-corrected chi connectivity index (χ3v) is 1.83. The number of aliphatic hydroxyl groups is 1. The smallest absolute Gasteiger partial charge is 0.335 e. The van der Waals surface area contributed by atoms with Crippen LogP contribution in [0.1, 0.15) is 18.3 Å². The summed E-state index contributed by atoms with van der Waals surface area (Å²) in [5.41, 5.74) is 0. The van der Waals surface area contributed by atoms with Gasteiger partial charge in [0.2, 0.25) is 0 Å². The van der Waals surface area contributed by atoms with Crippen molar-refractivity contribution in [3.8, 4) is 0 Å². The van der Waals surface area contributed by atoms with E-state index in [1.807, 2.05) is 0 Å². The lowest BCUT2D eigenvalue weighted by molar-refractivity contribution is -0.147. The summed E-state index contributed by atoms with van der Waals surface area (Å²) in [6, 6.07) is 3.43. The monoisotopic (exact) mass is 168 g/mol. The molecule has 2 atom stereocenters. The molecule has 0 amide bonds. The lowest BCUT2D eigenvalue weighted by atomic mass is 10.2. The normalized spacial score (nSPS) is 28.9. The van der Waals surface area contributed by atoms with Crippen molar-refractivity contribution in [2.24, 2.45) is 0 Å². The minimum Gasteiger partial charge on any atom is -0.465 e. The number of rotatable bonds is 1. The topological polar surface area (TPSA) is 59.7 Å². The maximum Gasteiger partial charge on any atom is 0.335 e. The number of ether oxygens (including phenoxy) is 1. The highest BCUT2D eigenvalue weighted by Crippen LogP contribution is 2.29. The first-order valence-corrected chi connectivity index (χ1v) is 3.69. The Labute approximate surface area is 68.7 Å². The van der Waals surface area contributed by atoms with Crippen molar-refractivity contribution < 1.29 is 19.1 Å². The first-order chi connectivity index (χ1) is 5.77. The van der Waals surface area contributed by atoms with Gasteiger partial charge < -0.3 is 14.3 Å². The van der Waals surface area contributed by atoms with Gasteiger partial charge in [0.1, 0.15) is 5.76 Å². The van der Waals surface area contributed by atoms with E-state index < -0.39 is 18.2 Å². The van der Waals surface area contributed by atoms with E-state index in [0.717, 1.165) is 0 Å². The predicted molar refractivity (Wildman–Crippen MR) is 38.2 cm³/mol. The summed E-state index contributed by atoms with van der Waals surface area (Å²) in [5.74, 6) is 0.0105. The summed E-state index contributed by atoms with van der Waals surface area (Å²) in [6.07, 6.45) is 0.378. The molecule has 4 heteroatoms. The van der Waals surface area contributed by atoms with E-state index >= 15 is 0 Å². The van der Waals surface area contributed by atoms with Crippen molar-refractivity contribution in [1.82, 2.24) is 0 Å². The van der Waals surface area contributed by atoms with Gasteiger partial charge in [-0.05, 0) is 12.1 Å². The molecular weight excluding hydrogens is 160 g/mol. The Kier molecular flexibility index (Phi) is 1.62. The SMILES string of the molecule is O=C1O[C@H](c2ccco2)C[C@@H]1O. The molecule has 0 bridgehead atoms. The molecule has 0 unspecified atom stereocenters. The fourth-order valence-corrected chi connectivity index (χ4v) is 1.21. The minimum atomic E-state index is -1.000. The maximum absolute atomic E-state index is 10.8. The van der Waals surface area contributed by atoms with Gasteiger partial charge in [-0.15, -0.1) is 0 Å². The van der Waals surface area contributed by atoms with Gasteiger partial charge in [0, 0.05) is 6.42 Å². The van der Waals surface area contributed by atoms with Crippen LogP contribution in [-0.4, -0.2) is 17.2 Å². The van der Waals surface area contributed by atoms with Crippen LogP contribution in [0.25, 0.3) is 0 Å². The number of hydrogen-bond acceptors (Lipinski definition) is 4. The van der Waals surface area contributed by atoms with Gasteiger partial charge >= 0.3 is 5.97 Å². The van der Waals surface area contributed by atoms with Crippen LogP contribution in [0.5, 0.6) is 0 Å². The Bertz CT molecular complexity index is 277. The molecule has 1 aromatic rings. The van der Waals surface area contributed by atoms with Gasteiger partial charge in [0.25, 0.3) is 0 Å². The molecule has 4 nitrogen and oxygen atoms in total. The van der Waals surface area contributed by atoms with E-state index in [1.165, 1.54) is 6.26 Å². The largest absolute Gasteiger partial charge is 0.465 e. The molecule has 12 heavy (non-hydrogen) atoms. The van der Waals surface area contributed by atoms with Crippen LogP contribution >= 0.6 is 0 Å². The van der Waals surface area contributed by atoms with Crippen molar-refractivity contribution >= 4 is 5.97 Å². The maximum atomic E-state index is 10.8. The molecule has 64 valence electrons. The van der Waals surface area contributed by atoms with Gasteiger partial charge in [-0.3, -0.25) is 0 Å². The molecule has 0 radical (unpaired) electrons. The summed E-state index contributed by atoms with van der Waals surface area (Å²) < 4.78 is 9.86. The molecule has 0 aromatic carbocycles. The van der Waals surface area contributed by atoms with Crippen LogP contribution in [0.2, 0.25) is 0 Å². The van der Waals surface area contributed by atoms with Crippen LogP contribution < -0.4 is 0 Å². The van der Waals surface area contributed by atoms with Crippen molar-refractivity contribution in [3.63, 3.8) is 0 Å². The molecule has 1 aliphatic heterocycles. The van der Waals surface area contributed by atoms with Gasteiger partial charge in [0.15, 0.2) is 12.2 Å². The molecule has 0 spiro atoms. The molecule has 1 saturated heterocycles. The first-order valence-electron chi connectivity index (χ1n) is 3.69. The summed E-state index contributed by atoms with van der Waals surface area (Å²) in [4.78, 5) is 10.8. The summed E-state index contributed by atoms with van der Waals surface area (Å²) in [7, 11) is 0. The Morgan fingerprint density at radius 2 is 2.42 bits per heavy atom. The lowest BCUT2D eigenvalue weighted by Crippen LogP contribution is -2.11. The Morgan fingerprint density at radius 3 is 2.92 bits per heavy atom. The summed E-state index contributed by atoms with van der Waals surface area (Å²) in [5, 5.41) is 9.05. The number of cyclic esters (lactones) is 1. The average molecular weight is 168 g/mol. The fourth-order valence-electron chi connectivity index (χ4n) is 1.21. The standard InChI is InChI=1S/C8H8O4/c9-5-4-7(12-8(5)10)6-2-1-3-11-6/h1-3,5,7,9H,4H2/t5-,7-/m0/s1. The highest BCUT2D eigenvalue weighted by molar-refractivity contribution is 5.76. The van der Waals surface area contributed by atoms with E-state index in [-0.39, 0.29) is 6.42 Å². The molecule has 0 saturated carbocycles. The quantitative estimate of drug-likeness (QED) is 0.625. The Hall–Kier alpha value is -1.29. The highest BCUT2D eigenvalue weighted by Gasteiger charge is 2.35. The Balaban J connectivity index is 2.14. The van der Waals surface area contributed by atoms with Crippen molar-refractivity contribution in [1.29, 1.82) is 0 Å². The van der Waals surface area contributed by atoms with Crippen LogP contribution in [0.4, 0.5) is 0 Å². The fraction of sp³-hybridized carbons (Fsp3) is 0.375. The molecular formula is C8H8O4. The van der Waals surface area contributed by atoms with Crippen molar-refractivity contribution in [2.75, 3.05) is 0 Å². The van der Waals surface area contributed by atoms with Crippen molar-refractivity contribution in [3.05, 3.63) is 24.2 Å². The lowest BCUT2D eigenvalue weighted by Gasteiger charge is -2.02. The third kappa shape index (κ3) is 1.10. The van der Waals surface area contributed by atoms with Crippen molar-refractivity contribution in [2.45, 2.75) is 18.6 Å². The zero-order valence-corrected chi connectivity index (χ0v) is 6.27. The number of esters is 1. The number of furan rings is 1. The molecule has 1 aliphatic rings. The van der Waals surface area contributed by atoms with Crippen LogP contribution in [0.15, 0.2) is 22.8 Å². The van der Waals surface area contributed by atoms with Gasteiger partial charge in [-0.25, -0.2) is 4.79 Å². The Morgan fingerprint density at radius 1 is 1.58 bits per heavy atom. The zero-order valence-electron chi connectivity index (χ0n) is 6.27. The van der Waals surface area contributed by atoms with E-state index in [2.05, 4.69) is 0 Å². The second-order valence-electron chi connectivity index (χ2n) is 2.69. The first kappa shape index (κ1) is 7.36. The van der Waals surface area contributed by atoms with E-state index in [4.69, 9.17) is 14.3 Å². The highest BCUT2D eigenvalue weighted by atomic mass is 16.6. The number of aliphatic hydroxyl groups excluding tert-OH is 1.